The Kier molecular flexibility index (Phi) is 7.91. The van der Waals surface area contributed by atoms with Crippen LogP contribution in [-0.2, 0) is 0 Å². The van der Waals surface area contributed by atoms with Crippen molar-refractivity contribution in [1.29, 1.82) is 0 Å². The molecule has 0 bridgehead atoms. The normalized spacial score (nSPS) is 11.8. The maximum absolute atomic E-state index is 6.67. The van der Waals surface area contributed by atoms with Crippen molar-refractivity contribution in [3.05, 3.63) is 231 Å². The minimum atomic E-state index is 0.867. The van der Waals surface area contributed by atoms with Gasteiger partial charge >= 0.3 is 0 Å². The van der Waals surface area contributed by atoms with Crippen LogP contribution in [0.5, 0.6) is 0 Å². The molecule has 0 fully saturated rings. The molecule has 0 unspecified atom stereocenters. The maximum Gasteiger partial charge on any atom is 0.143 e. The van der Waals surface area contributed by atoms with Crippen LogP contribution >= 0.6 is 0 Å². The summed E-state index contributed by atoms with van der Waals surface area (Å²) in [6.45, 7) is 0. The van der Waals surface area contributed by atoms with E-state index in [0.717, 1.165) is 72.3 Å². The van der Waals surface area contributed by atoms with Crippen molar-refractivity contribution < 1.29 is 4.42 Å². The molecule has 0 amide bonds. The van der Waals surface area contributed by atoms with Gasteiger partial charge in [-0.2, -0.15) is 0 Å². The van der Waals surface area contributed by atoms with Gasteiger partial charge in [-0.25, -0.2) is 0 Å². The molecule has 13 aromatic rings. The number of anilines is 3. The van der Waals surface area contributed by atoms with Crippen LogP contribution < -0.4 is 4.90 Å². The van der Waals surface area contributed by atoms with Crippen molar-refractivity contribution in [2.24, 2.45) is 0 Å². The standard InChI is InChI=1S/C60H38N2O/c1-2-12-39(13-3-1)46-33-47(45-23-22-40-14-4-6-17-43(40)32-45)36-51(35-46)61(49-28-31-59-56(37-49)55-29-25-42-16-8-9-19-52(42)60(55)63-59)50-27-30-54-53-20-10-11-21-57(53)62(58(54)38-50)48-26-24-41-15-5-7-18-44(41)34-48/h1-38H. The molecule has 0 N–H and O–H groups in total. The Bertz CT molecular complexity index is 3930. The highest BCUT2D eigenvalue weighted by Crippen LogP contribution is 2.45. The molecule has 0 saturated carbocycles. The number of furan rings is 1. The summed E-state index contributed by atoms with van der Waals surface area (Å²) in [6, 6.07) is 83.8. The van der Waals surface area contributed by atoms with Gasteiger partial charge < -0.3 is 13.9 Å². The highest BCUT2D eigenvalue weighted by Gasteiger charge is 2.21. The Morgan fingerprint density at radius 1 is 0.302 bits per heavy atom. The van der Waals surface area contributed by atoms with E-state index in [4.69, 9.17) is 4.42 Å². The highest BCUT2D eigenvalue weighted by molar-refractivity contribution is 6.16. The molecule has 13 rings (SSSR count). The van der Waals surface area contributed by atoms with Crippen LogP contribution in [0.15, 0.2) is 235 Å². The molecule has 0 aliphatic carbocycles. The number of benzene rings is 11. The average Bonchev–Trinajstić information content (AvgIpc) is 3.89. The van der Waals surface area contributed by atoms with E-state index < -0.39 is 0 Å². The summed E-state index contributed by atoms with van der Waals surface area (Å²) < 4.78 is 9.09. The Morgan fingerprint density at radius 2 is 0.905 bits per heavy atom. The number of rotatable bonds is 6. The first kappa shape index (κ1) is 35.4. The van der Waals surface area contributed by atoms with E-state index in [2.05, 4.69) is 240 Å². The molecule has 0 radical (unpaired) electrons. The lowest BCUT2D eigenvalue weighted by molar-refractivity contribution is 0.672. The summed E-state index contributed by atoms with van der Waals surface area (Å²) in [6.07, 6.45) is 0. The van der Waals surface area contributed by atoms with Crippen LogP contribution in [-0.4, -0.2) is 4.57 Å². The van der Waals surface area contributed by atoms with Crippen molar-refractivity contribution >= 4 is 93.1 Å². The quantitative estimate of drug-likeness (QED) is 0.167. The molecular formula is C60H38N2O. The third kappa shape index (κ3) is 5.82. The van der Waals surface area contributed by atoms with Gasteiger partial charge in [0.1, 0.15) is 11.2 Å². The first-order valence-electron chi connectivity index (χ1n) is 21.6. The molecule has 3 nitrogen and oxygen atoms in total. The highest BCUT2D eigenvalue weighted by atomic mass is 16.3. The third-order valence-corrected chi connectivity index (χ3v) is 12.9. The van der Waals surface area contributed by atoms with E-state index in [1.54, 1.807) is 0 Å². The molecule has 0 spiro atoms. The summed E-state index contributed by atoms with van der Waals surface area (Å²) in [5.74, 6) is 0. The van der Waals surface area contributed by atoms with Crippen LogP contribution in [0.1, 0.15) is 0 Å². The Balaban J connectivity index is 1.09. The topological polar surface area (TPSA) is 21.3 Å². The number of aromatic nitrogens is 1. The summed E-state index contributed by atoms with van der Waals surface area (Å²) in [7, 11) is 0. The van der Waals surface area contributed by atoms with E-state index in [9.17, 15) is 0 Å². The van der Waals surface area contributed by atoms with E-state index >= 15 is 0 Å². The van der Waals surface area contributed by atoms with Gasteiger partial charge in [0.05, 0.1) is 11.0 Å². The van der Waals surface area contributed by atoms with Gasteiger partial charge in [0, 0.05) is 49.7 Å². The Labute approximate surface area is 363 Å². The summed E-state index contributed by atoms with van der Waals surface area (Å²) in [5, 5.41) is 11.8. The van der Waals surface area contributed by atoms with Crippen molar-refractivity contribution in [3.63, 3.8) is 0 Å². The first-order chi connectivity index (χ1) is 31.2. The zero-order valence-corrected chi connectivity index (χ0v) is 34.2. The lowest BCUT2D eigenvalue weighted by Crippen LogP contribution is -2.10. The molecule has 294 valence electrons. The number of hydrogen-bond donors (Lipinski definition) is 0. The number of para-hydroxylation sites is 1. The van der Waals surface area contributed by atoms with Gasteiger partial charge in [0.2, 0.25) is 0 Å². The lowest BCUT2D eigenvalue weighted by Gasteiger charge is -2.27. The zero-order chi connectivity index (χ0) is 41.4. The van der Waals surface area contributed by atoms with Gasteiger partial charge in [-0.1, -0.05) is 152 Å². The predicted molar refractivity (Wildman–Crippen MR) is 266 cm³/mol. The Morgan fingerprint density at radius 3 is 1.73 bits per heavy atom. The largest absolute Gasteiger partial charge is 0.455 e. The van der Waals surface area contributed by atoms with Gasteiger partial charge in [0.15, 0.2) is 0 Å². The average molecular weight is 803 g/mol. The van der Waals surface area contributed by atoms with Gasteiger partial charge in [-0.05, 0) is 128 Å². The number of fused-ring (bicyclic) bond motifs is 10. The predicted octanol–water partition coefficient (Wildman–Crippen LogP) is 16.9. The zero-order valence-electron chi connectivity index (χ0n) is 34.2. The van der Waals surface area contributed by atoms with Gasteiger partial charge in [0.25, 0.3) is 0 Å². The van der Waals surface area contributed by atoms with Crippen molar-refractivity contribution in [3.8, 4) is 27.9 Å². The van der Waals surface area contributed by atoms with Crippen molar-refractivity contribution in [2.45, 2.75) is 0 Å². The van der Waals surface area contributed by atoms with Crippen molar-refractivity contribution in [1.82, 2.24) is 4.57 Å². The van der Waals surface area contributed by atoms with E-state index in [0.29, 0.717) is 0 Å². The number of hydrogen-bond acceptors (Lipinski definition) is 2. The fraction of sp³-hybridized carbons (Fsp3) is 0. The SMILES string of the molecule is c1ccc(-c2cc(-c3ccc4ccccc4c3)cc(N(c3ccc4oc5c6ccccc6ccc5c4c3)c3ccc4c5ccccc5n(-c5ccc6ccccc6c5)c4c3)c2)cc1. The van der Waals surface area contributed by atoms with Crippen LogP contribution in [0.2, 0.25) is 0 Å². The molecular weight excluding hydrogens is 765 g/mol. The molecule has 0 atom stereocenters. The molecule has 63 heavy (non-hydrogen) atoms. The summed E-state index contributed by atoms with van der Waals surface area (Å²) in [4.78, 5) is 2.43. The third-order valence-electron chi connectivity index (χ3n) is 12.9. The number of nitrogens with zero attached hydrogens (tertiary/aromatic N) is 2. The second kappa shape index (κ2) is 14.1. The van der Waals surface area contributed by atoms with Crippen LogP contribution in [0.3, 0.4) is 0 Å². The van der Waals surface area contributed by atoms with Crippen LogP contribution in [0.25, 0.3) is 104 Å². The molecule has 0 saturated heterocycles. The van der Waals surface area contributed by atoms with E-state index in [1.807, 2.05) is 0 Å². The fourth-order valence-electron chi connectivity index (χ4n) is 9.84. The minimum absolute atomic E-state index is 0.867. The lowest BCUT2D eigenvalue weighted by atomic mass is 9.95. The molecule has 2 aromatic heterocycles. The van der Waals surface area contributed by atoms with Crippen LogP contribution in [0.4, 0.5) is 17.1 Å². The minimum Gasteiger partial charge on any atom is -0.455 e. The summed E-state index contributed by atoms with van der Waals surface area (Å²) in [5.41, 5.74) is 13.0. The Hall–Kier alpha value is -8.40. The smallest absolute Gasteiger partial charge is 0.143 e. The van der Waals surface area contributed by atoms with E-state index in [-0.39, 0.29) is 0 Å². The molecule has 3 heteroatoms. The van der Waals surface area contributed by atoms with Crippen LogP contribution in [0, 0.1) is 0 Å². The second-order valence-electron chi connectivity index (χ2n) is 16.6. The summed E-state index contributed by atoms with van der Waals surface area (Å²) >= 11 is 0. The van der Waals surface area contributed by atoms with Gasteiger partial charge in [-0.3, -0.25) is 0 Å². The maximum atomic E-state index is 6.67. The second-order valence-corrected chi connectivity index (χ2v) is 16.6. The first-order valence-corrected chi connectivity index (χ1v) is 21.6. The fourth-order valence-corrected chi connectivity index (χ4v) is 9.84. The molecule has 11 aromatic carbocycles. The van der Waals surface area contributed by atoms with Gasteiger partial charge in [-0.15, -0.1) is 0 Å². The molecule has 0 aliphatic heterocycles. The molecule has 2 heterocycles. The monoisotopic (exact) mass is 802 g/mol. The molecule has 0 aliphatic rings. The van der Waals surface area contributed by atoms with Crippen molar-refractivity contribution in [2.75, 3.05) is 4.90 Å². The van der Waals surface area contributed by atoms with E-state index in [1.165, 1.54) is 48.8 Å².